The van der Waals surface area contributed by atoms with Crippen molar-refractivity contribution < 1.29 is 28.6 Å². The fourth-order valence-electron chi connectivity index (χ4n) is 4.90. The number of fused-ring (bicyclic) bond motifs is 1. The third-order valence-corrected chi connectivity index (χ3v) is 7.09. The number of hydrogen-bond acceptors (Lipinski definition) is 7. The van der Waals surface area contributed by atoms with Gasteiger partial charge in [0.2, 0.25) is 5.78 Å². The van der Waals surface area contributed by atoms with Crippen LogP contribution >= 0.6 is 15.9 Å². The van der Waals surface area contributed by atoms with Crippen LogP contribution in [0.4, 0.5) is 4.79 Å². The molecule has 5 rings (SSSR count). The van der Waals surface area contributed by atoms with Crippen molar-refractivity contribution in [3.63, 3.8) is 0 Å². The monoisotopic (exact) mass is 553 g/mol. The first-order valence-electron chi connectivity index (χ1n) is 11.7. The number of ketones is 1. The number of carbonyl (C=O) groups is 3. The summed E-state index contributed by atoms with van der Waals surface area (Å²) in [6, 6.07) is 9.33. The van der Waals surface area contributed by atoms with Crippen LogP contribution in [0, 0.1) is 0 Å². The molecule has 0 aliphatic carbocycles. The molecular weight excluding hydrogens is 530 g/mol. The molecule has 1 aromatic carbocycles. The van der Waals surface area contributed by atoms with E-state index in [-0.39, 0.29) is 30.1 Å². The first-order valence-corrected chi connectivity index (χ1v) is 12.5. The first-order chi connectivity index (χ1) is 17.4. The van der Waals surface area contributed by atoms with Crippen LogP contribution in [0.25, 0.3) is 11.0 Å². The maximum absolute atomic E-state index is 13.7. The molecule has 2 aliphatic heterocycles. The van der Waals surface area contributed by atoms with Gasteiger partial charge in [-0.05, 0) is 61.7 Å². The molecule has 0 bridgehead atoms. The number of halogens is 1. The third-order valence-electron chi connectivity index (χ3n) is 6.60. The minimum absolute atomic E-state index is 0.0304. The van der Waals surface area contributed by atoms with Gasteiger partial charge >= 0.3 is 6.09 Å². The van der Waals surface area contributed by atoms with Crippen LogP contribution in [-0.2, 0) is 9.53 Å². The zero-order valence-corrected chi connectivity index (χ0v) is 21.1. The standard InChI is InChI=1S/C26H24BrN3O6/c1-2-35-26(34)29-11-7-18(8-12-29)30-22(15-5-9-28-10-6-15)21(24(32)25(30)33)23(31)20-14-16-13-17(27)3-4-19(16)36-20/h3-6,9-10,13-14,18,22,32H,2,7-8,11-12H2,1H3. The summed E-state index contributed by atoms with van der Waals surface area (Å²) in [6.45, 7) is 2.84. The molecule has 2 aromatic heterocycles. The van der Waals surface area contributed by atoms with Gasteiger partial charge in [-0.1, -0.05) is 15.9 Å². The predicted octanol–water partition coefficient (Wildman–Crippen LogP) is 4.79. The second-order valence-corrected chi connectivity index (χ2v) is 9.61. The van der Waals surface area contributed by atoms with Gasteiger partial charge in [0.15, 0.2) is 11.5 Å². The smallest absolute Gasteiger partial charge is 0.409 e. The molecule has 3 aromatic rings. The molecular formula is C26H24BrN3O6. The van der Waals surface area contributed by atoms with Gasteiger partial charge < -0.3 is 24.1 Å². The van der Waals surface area contributed by atoms with Gasteiger partial charge in [0, 0.05) is 41.4 Å². The summed E-state index contributed by atoms with van der Waals surface area (Å²) in [4.78, 5) is 46.4. The van der Waals surface area contributed by atoms with E-state index in [1.807, 2.05) is 6.07 Å². The van der Waals surface area contributed by atoms with E-state index in [1.165, 1.54) is 0 Å². The van der Waals surface area contributed by atoms with E-state index < -0.39 is 23.5 Å². The number of hydrogen-bond donors (Lipinski definition) is 1. The Balaban J connectivity index is 1.49. The first kappa shape index (κ1) is 24.1. The molecule has 9 nitrogen and oxygen atoms in total. The number of nitrogens with zero attached hydrogens (tertiary/aromatic N) is 3. The van der Waals surface area contributed by atoms with Gasteiger partial charge in [0.1, 0.15) is 5.58 Å². The number of aromatic nitrogens is 1. The van der Waals surface area contributed by atoms with E-state index in [1.54, 1.807) is 59.4 Å². The van der Waals surface area contributed by atoms with Crippen molar-refractivity contribution in [2.45, 2.75) is 31.8 Å². The Morgan fingerprint density at radius 3 is 2.58 bits per heavy atom. The zero-order valence-electron chi connectivity index (χ0n) is 19.5. The number of aliphatic hydroxyl groups excluding tert-OH is 1. The maximum atomic E-state index is 13.7. The molecule has 1 N–H and O–H groups in total. The second-order valence-electron chi connectivity index (χ2n) is 8.70. The summed E-state index contributed by atoms with van der Waals surface area (Å²) in [5, 5.41) is 11.7. The highest BCUT2D eigenvalue weighted by molar-refractivity contribution is 9.10. The summed E-state index contributed by atoms with van der Waals surface area (Å²) < 4.78 is 11.7. The molecule has 36 heavy (non-hydrogen) atoms. The molecule has 186 valence electrons. The average Bonchev–Trinajstić information content (AvgIpc) is 3.43. The van der Waals surface area contributed by atoms with Crippen LogP contribution < -0.4 is 0 Å². The van der Waals surface area contributed by atoms with Gasteiger partial charge in [-0.15, -0.1) is 0 Å². The lowest BCUT2D eigenvalue weighted by Crippen LogP contribution is -2.48. The van der Waals surface area contributed by atoms with E-state index in [4.69, 9.17) is 9.15 Å². The molecule has 4 heterocycles. The third kappa shape index (κ3) is 4.26. The lowest BCUT2D eigenvalue weighted by molar-refractivity contribution is -0.132. The Hall–Kier alpha value is -3.66. The summed E-state index contributed by atoms with van der Waals surface area (Å²) in [5.74, 6) is -1.72. The number of carbonyl (C=O) groups excluding carboxylic acids is 3. The lowest BCUT2D eigenvalue weighted by atomic mass is 9.93. The fraction of sp³-hybridized carbons (Fsp3) is 0.308. The van der Waals surface area contributed by atoms with Crippen molar-refractivity contribution in [2.75, 3.05) is 19.7 Å². The molecule has 2 aliphatic rings. The van der Waals surface area contributed by atoms with Crippen molar-refractivity contribution in [2.24, 2.45) is 0 Å². The van der Waals surface area contributed by atoms with E-state index in [2.05, 4.69) is 20.9 Å². The van der Waals surface area contributed by atoms with E-state index in [0.29, 0.717) is 37.1 Å². The van der Waals surface area contributed by atoms with Crippen molar-refractivity contribution in [1.82, 2.24) is 14.8 Å². The molecule has 10 heteroatoms. The number of furan rings is 1. The van der Waals surface area contributed by atoms with Crippen molar-refractivity contribution in [3.05, 3.63) is 75.9 Å². The van der Waals surface area contributed by atoms with Gasteiger partial charge in [-0.25, -0.2) is 4.79 Å². The molecule has 1 saturated heterocycles. The number of amides is 2. The quantitative estimate of drug-likeness (QED) is 0.452. The van der Waals surface area contributed by atoms with Crippen LogP contribution in [0.2, 0.25) is 0 Å². The Kier molecular flexibility index (Phi) is 6.53. The van der Waals surface area contributed by atoms with E-state index in [9.17, 15) is 19.5 Å². The van der Waals surface area contributed by atoms with Gasteiger partial charge in [0.25, 0.3) is 5.91 Å². The highest BCUT2D eigenvalue weighted by Crippen LogP contribution is 2.42. The summed E-state index contributed by atoms with van der Waals surface area (Å²) in [7, 11) is 0. The minimum Gasteiger partial charge on any atom is -0.503 e. The van der Waals surface area contributed by atoms with Gasteiger partial charge in [-0.2, -0.15) is 0 Å². The largest absolute Gasteiger partial charge is 0.503 e. The number of rotatable bonds is 5. The van der Waals surface area contributed by atoms with Crippen molar-refractivity contribution >= 4 is 44.7 Å². The molecule has 2 amide bonds. The minimum atomic E-state index is -0.813. The van der Waals surface area contributed by atoms with Crippen molar-refractivity contribution in [1.29, 1.82) is 0 Å². The van der Waals surface area contributed by atoms with Crippen LogP contribution in [0.15, 0.2) is 69.0 Å². The molecule has 0 saturated carbocycles. The number of ether oxygens (including phenoxy) is 1. The molecule has 1 unspecified atom stereocenters. The Labute approximate surface area is 215 Å². The van der Waals surface area contributed by atoms with Gasteiger partial charge in [0.05, 0.1) is 18.2 Å². The highest BCUT2D eigenvalue weighted by Gasteiger charge is 2.48. The maximum Gasteiger partial charge on any atom is 0.409 e. The van der Waals surface area contributed by atoms with Gasteiger partial charge in [-0.3, -0.25) is 14.6 Å². The van der Waals surface area contributed by atoms with E-state index >= 15 is 0 Å². The predicted molar refractivity (Wildman–Crippen MR) is 133 cm³/mol. The Bertz CT molecular complexity index is 1360. The van der Waals surface area contributed by atoms with Crippen LogP contribution in [0.1, 0.15) is 41.9 Å². The molecule has 1 fully saturated rings. The number of benzene rings is 1. The van der Waals surface area contributed by atoms with Crippen LogP contribution in [0.3, 0.4) is 0 Å². The number of aliphatic hydroxyl groups is 1. The van der Waals surface area contributed by atoms with Crippen molar-refractivity contribution in [3.8, 4) is 0 Å². The number of piperidine rings is 1. The summed E-state index contributed by atoms with van der Waals surface area (Å²) in [5.41, 5.74) is 1.14. The SMILES string of the molecule is CCOC(=O)N1CCC(N2C(=O)C(O)=C(C(=O)c3cc4cc(Br)ccc4o3)C2c2ccncc2)CC1. The summed E-state index contributed by atoms with van der Waals surface area (Å²) in [6.07, 6.45) is 3.75. The highest BCUT2D eigenvalue weighted by atomic mass is 79.9. The zero-order chi connectivity index (χ0) is 25.4. The second kappa shape index (κ2) is 9.77. The van der Waals surface area contributed by atoms with Crippen LogP contribution in [0.5, 0.6) is 0 Å². The average molecular weight is 554 g/mol. The number of likely N-dealkylation sites (tertiary alicyclic amines) is 1. The molecule has 0 radical (unpaired) electrons. The molecule has 1 atom stereocenters. The molecule has 0 spiro atoms. The normalized spacial score (nSPS) is 18.8. The Morgan fingerprint density at radius 1 is 1.17 bits per heavy atom. The van der Waals surface area contributed by atoms with Crippen LogP contribution in [-0.4, -0.2) is 63.4 Å². The fourth-order valence-corrected chi connectivity index (χ4v) is 5.28. The number of Topliss-reactive ketones (excluding diaryl/α,β-unsaturated/α-hetero) is 1. The number of pyridine rings is 1. The Morgan fingerprint density at radius 2 is 1.89 bits per heavy atom. The van der Waals surface area contributed by atoms with E-state index in [0.717, 1.165) is 9.86 Å². The summed E-state index contributed by atoms with van der Waals surface area (Å²) >= 11 is 3.41. The lowest BCUT2D eigenvalue weighted by Gasteiger charge is -2.39. The topological polar surface area (TPSA) is 113 Å².